The molecule has 0 saturated heterocycles. The van der Waals surface area contributed by atoms with E-state index in [9.17, 15) is 4.79 Å². The van der Waals surface area contributed by atoms with Crippen LogP contribution in [0, 0.1) is 6.92 Å². The molecule has 23 heavy (non-hydrogen) atoms. The first-order chi connectivity index (χ1) is 10.8. The van der Waals surface area contributed by atoms with E-state index in [4.69, 9.17) is 4.74 Å². The third kappa shape index (κ3) is 6.00. The molecule has 0 fully saturated rings. The summed E-state index contributed by atoms with van der Waals surface area (Å²) in [6, 6.07) is 7.72. The van der Waals surface area contributed by atoms with Crippen molar-refractivity contribution in [1.29, 1.82) is 0 Å². The molecule has 0 atom stereocenters. The molecule has 0 spiro atoms. The smallest absolute Gasteiger partial charge is 0.412 e. The van der Waals surface area contributed by atoms with Crippen LogP contribution < -0.4 is 10.6 Å². The molecule has 6 heteroatoms. The molecule has 0 unspecified atom stereocenters. The van der Waals surface area contributed by atoms with E-state index in [1.54, 1.807) is 11.3 Å². The normalized spacial score (nSPS) is 11.3. The summed E-state index contributed by atoms with van der Waals surface area (Å²) < 4.78 is 5.22. The summed E-state index contributed by atoms with van der Waals surface area (Å²) >= 11 is 1.66. The van der Waals surface area contributed by atoms with Gasteiger partial charge in [0.2, 0.25) is 0 Å². The predicted octanol–water partition coefficient (Wildman–Crippen LogP) is 4.09. The van der Waals surface area contributed by atoms with E-state index in [0.29, 0.717) is 0 Å². The molecule has 0 saturated carbocycles. The zero-order valence-electron chi connectivity index (χ0n) is 14.0. The second kappa shape index (κ2) is 7.57. The van der Waals surface area contributed by atoms with Crippen molar-refractivity contribution in [3.05, 3.63) is 45.9 Å². The molecular weight excluding hydrogens is 310 g/mol. The lowest BCUT2D eigenvalue weighted by Gasteiger charge is -2.19. The molecular formula is C17H23N3O2S. The summed E-state index contributed by atoms with van der Waals surface area (Å²) in [5.74, 6) is 0. The summed E-state index contributed by atoms with van der Waals surface area (Å²) in [4.78, 5) is 17.2. The van der Waals surface area contributed by atoms with Gasteiger partial charge in [0, 0.05) is 23.7 Å². The highest BCUT2D eigenvalue weighted by Crippen LogP contribution is 2.14. The van der Waals surface area contributed by atoms with Crippen LogP contribution in [-0.2, 0) is 17.8 Å². The largest absolute Gasteiger partial charge is 0.444 e. The van der Waals surface area contributed by atoms with Gasteiger partial charge in [0.05, 0.1) is 11.2 Å². The Balaban J connectivity index is 1.80. The summed E-state index contributed by atoms with van der Waals surface area (Å²) in [5, 5.41) is 6.12. The molecule has 124 valence electrons. The molecule has 1 aromatic carbocycles. The fourth-order valence-corrected chi connectivity index (χ4v) is 2.69. The number of carbonyl (C=O) groups is 1. The Morgan fingerprint density at radius 3 is 2.48 bits per heavy atom. The minimum Gasteiger partial charge on any atom is -0.444 e. The zero-order valence-corrected chi connectivity index (χ0v) is 14.8. The lowest BCUT2D eigenvalue weighted by Crippen LogP contribution is -2.27. The first-order valence-electron chi connectivity index (χ1n) is 7.52. The molecule has 1 heterocycles. The van der Waals surface area contributed by atoms with Crippen LogP contribution >= 0.6 is 11.3 Å². The highest BCUT2D eigenvalue weighted by atomic mass is 32.1. The fourth-order valence-electron chi connectivity index (χ4n) is 1.94. The van der Waals surface area contributed by atoms with Crippen molar-refractivity contribution in [1.82, 2.24) is 10.3 Å². The quantitative estimate of drug-likeness (QED) is 0.865. The van der Waals surface area contributed by atoms with Crippen molar-refractivity contribution in [2.75, 3.05) is 5.32 Å². The number of carbonyl (C=O) groups excluding carboxylic acids is 1. The number of nitrogens with zero attached hydrogens (tertiary/aromatic N) is 1. The number of hydrogen-bond donors (Lipinski definition) is 2. The van der Waals surface area contributed by atoms with Crippen LogP contribution in [0.5, 0.6) is 0 Å². The van der Waals surface area contributed by atoms with E-state index in [1.165, 1.54) is 4.88 Å². The number of nitrogens with one attached hydrogen (secondary N) is 2. The van der Waals surface area contributed by atoms with Crippen LogP contribution in [0.3, 0.4) is 0 Å². The lowest BCUT2D eigenvalue weighted by atomic mass is 10.2. The van der Waals surface area contributed by atoms with Gasteiger partial charge in [-0.25, -0.2) is 9.78 Å². The topological polar surface area (TPSA) is 63.2 Å². The SMILES string of the molecule is Cc1ncsc1CNCc1ccc(NC(=O)OC(C)(C)C)cc1. The van der Waals surface area contributed by atoms with Crippen LogP contribution in [-0.4, -0.2) is 16.7 Å². The van der Waals surface area contributed by atoms with Gasteiger partial charge < -0.3 is 10.1 Å². The average molecular weight is 333 g/mol. The number of rotatable bonds is 5. The van der Waals surface area contributed by atoms with E-state index >= 15 is 0 Å². The summed E-state index contributed by atoms with van der Waals surface area (Å²) in [7, 11) is 0. The molecule has 0 radical (unpaired) electrons. The Labute approximate surface area is 141 Å². The van der Waals surface area contributed by atoms with Gasteiger partial charge >= 0.3 is 6.09 Å². The molecule has 0 aliphatic rings. The third-order valence-corrected chi connectivity index (χ3v) is 3.99. The molecule has 2 N–H and O–H groups in total. The Morgan fingerprint density at radius 1 is 1.22 bits per heavy atom. The maximum atomic E-state index is 11.7. The number of anilines is 1. The van der Waals surface area contributed by atoms with Gasteiger partial charge in [-0.05, 0) is 45.4 Å². The number of aryl methyl sites for hydroxylation is 1. The van der Waals surface area contributed by atoms with Crippen LogP contribution in [0.2, 0.25) is 0 Å². The van der Waals surface area contributed by atoms with E-state index in [0.717, 1.165) is 30.0 Å². The highest BCUT2D eigenvalue weighted by molar-refractivity contribution is 7.09. The first-order valence-corrected chi connectivity index (χ1v) is 8.40. The maximum Gasteiger partial charge on any atom is 0.412 e. The van der Waals surface area contributed by atoms with Gasteiger partial charge in [-0.3, -0.25) is 5.32 Å². The zero-order chi connectivity index (χ0) is 16.9. The van der Waals surface area contributed by atoms with Crippen molar-refractivity contribution in [2.24, 2.45) is 0 Å². The molecule has 0 aliphatic heterocycles. The van der Waals surface area contributed by atoms with E-state index in [1.807, 2.05) is 57.5 Å². The van der Waals surface area contributed by atoms with Crippen molar-refractivity contribution >= 4 is 23.1 Å². The van der Waals surface area contributed by atoms with Crippen LogP contribution in [0.4, 0.5) is 10.5 Å². The predicted molar refractivity (Wildman–Crippen MR) is 93.7 cm³/mol. The monoisotopic (exact) mass is 333 g/mol. The number of thiazole rings is 1. The Kier molecular flexibility index (Phi) is 5.74. The summed E-state index contributed by atoms with van der Waals surface area (Å²) in [6.07, 6.45) is -0.441. The molecule has 2 aromatic rings. The minimum atomic E-state index is -0.497. The highest BCUT2D eigenvalue weighted by Gasteiger charge is 2.16. The maximum absolute atomic E-state index is 11.7. The van der Waals surface area contributed by atoms with Crippen LogP contribution in [0.15, 0.2) is 29.8 Å². The van der Waals surface area contributed by atoms with Crippen molar-refractivity contribution < 1.29 is 9.53 Å². The Morgan fingerprint density at radius 2 is 1.91 bits per heavy atom. The summed E-state index contributed by atoms with van der Waals surface area (Å²) in [6.45, 7) is 9.12. The lowest BCUT2D eigenvalue weighted by molar-refractivity contribution is 0.0636. The first kappa shape index (κ1) is 17.4. The van der Waals surface area contributed by atoms with Gasteiger partial charge in [0.25, 0.3) is 0 Å². The van der Waals surface area contributed by atoms with Gasteiger partial charge in [0.15, 0.2) is 0 Å². The summed E-state index contributed by atoms with van der Waals surface area (Å²) in [5.41, 5.74) is 4.33. The van der Waals surface area contributed by atoms with E-state index < -0.39 is 11.7 Å². The number of aromatic nitrogens is 1. The second-order valence-corrected chi connectivity index (χ2v) is 7.23. The second-order valence-electron chi connectivity index (χ2n) is 6.29. The molecule has 0 aliphatic carbocycles. The van der Waals surface area contributed by atoms with Crippen LogP contribution in [0.1, 0.15) is 36.9 Å². The van der Waals surface area contributed by atoms with E-state index in [2.05, 4.69) is 15.6 Å². The average Bonchev–Trinajstić information content (AvgIpc) is 2.84. The number of benzene rings is 1. The van der Waals surface area contributed by atoms with Gasteiger partial charge in [-0.1, -0.05) is 12.1 Å². The fraction of sp³-hybridized carbons (Fsp3) is 0.412. The molecule has 2 rings (SSSR count). The van der Waals surface area contributed by atoms with Crippen molar-refractivity contribution in [2.45, 2.75) is 46.4 Å². The van der Waals surface area contributed by atoms with Crippen LogP contribution in [0.25, 0.3) is 0 Å². The number of ether oxygens (including phenoxy) is 1. The Bertz CT molecular complexity index is 645. The number of amides is 1. The Hall–Kier alpha value is -1.92. The number of hydrogen-bond acceptors (Lipinski definition) is 5. The van der Waals surface area contributed by atoms with Crippen molar-refractivity contribution in [3.63, 3.8) is 0 Å². The standard InChI is InChI=1S/C17H23N3O2S/c1-12-15(23-11-19-12)10-18-9-13-5-7-14(8-6-13)20-16(21)22-17(2,3)4/h5-8,11,18H,9-10H2,1-4H3,(H,20,21). The third-order valence-electron chi connectivity index (χ3n) is 3.06. The van der Waals surface area contributed by atoms with Gasteiger partial charge in [0.1, 0.15) is 5.60 Å². The minimum absolute atomic E-state index is 0.441. The van der Waals surface area contributed by atoms with Gasteiger partial charge in [-0.15, -0.1) is 11.3 Å². The molecule has 1 aromatic heterocycles. The molecule has 0 bridgehead atoms. The molecule has 1 amide bonds. The van der Waals surface area contributed by atoms with Gasteiger partial charge in [-0.2, -0.15) is 0 Å². The molecule has 5 nitrogen and oxygen atoms in total. The van der Waals surface area contributed by atoms with Crippen molar-refractivity contribution in [3.8, 4) is 0 Å². The van der Waals surface area contributed by atoms with E-state index in [-0.39, 0.29) is 0 Å².